The van der Waals surface area contributed by atoms with Crippen molar-refractivity contribution in [2.45, 2.75) is 12.8 Å². The number of carbonyl (C=O) groups is 1. The lowest BCUT2D eigenvalue weighted by Gasteiger charge is -2.09. The van der Waals surface area contributed by atoms with Crippen molar-refractivity contribution in [2.75, 3.05) is 0 Å². The maximum atomic E-state index is 13.9. The lowest BCUT2D eigenvalue weighted by molar-refractivity contribution is 0.0920. The Labute approximate surface area is 116 Å². The van der Waals surface area contributed by atoms with Crippen LogP contribution in [-0.4, -0.2) is 5.78 Å². The second-order valence-corrected chi connectivity index (χ2v) is 5.25. The van der Waals surface area contributed by atoms with Crippen LogP contribution in [0.4, 0.5) is 4.39 Å². The average Bonchev–Trinajstić information content (AvgIpc) is 2.85. The minimum Gasteiger partial charge on any atom is -0.294 e. The molecule has 3 heteroatoms. The fourth-order valence-corrected chi connectivity index (χ4v) is 2.83. The van der Waals surface area contributed by atoms with Gasteiger partial charge in [0.2, 0.25) is 0 Å². The third kappa shape index (κ3) is 2.17. The number of benzene rings is 2. The van der Waals surface area contributed by atoms with Crippen molar-refractivity contribution in [1.82, 2.24) is 0 Å². The third-order valence-corrected chi connectivity index (χ3v) is 3.93. The second kappa shape index (κ2) is 4.78. The molecule has 0 aromatic heterocycles. The molecule has 0 aliphatic heterocycles. The van der Waals surface area contributed by atoms with Crippen LogP contribution in [0.1, 0.15) is 21.5 Å². The Kier molecular flexibility index (Phi) is 3.11. The number of halogens is 2. The highest BCUT2D eigenvalue weighted by atomic mass is 35.5. The van der Waals surface area contributed by atoms with Crippen LogP contribution in [0.2, 0.25) is 5.02 Å². The number of hydrogen-bond acceptors (Lipinski definition) is 1. The van der Waals surface area contributed by atoms with Gasteiger partial charge in [0, 0.05) is 5.92 Å². The molecule has 0 fully saturated rings. The molecule has 1 aliphatic carbocycles. The topological polar surface area (TPSA) is 17.1 Å². The SMILES string of the molecule is O=C(c1cccc(Cl)c1F)C1Cc2ccccc2C1. The van der Waals surface area contributed by atoms with Gasteiger partial charge in [-0.1, -0.05) is 41.9 Å². The summed E-state index contributed by atoms with van der Waals surface area (Å²) in [4.78, 5) is 12.4. The molecule has 19 heavy (non-hydrogen) atoms. The van der Waals surface area contributed by atoms with Crippen molar-refractivity contribution in [1.29, 1.82) is 0 Å². The Morgan fingerprint density at radius 2 is 1.68 bits per heavy atom. The van der Waals surface area contributed by atoms with Crippen LogP contribution in [0.5, 0.6) is 0 Å². The van der Waals surface area contributed by atoms with E-state index in [1.54, 1.807) is 6.07 Å². The van der Waals surface area contributed by atoms with E-state index >= 15 is 0 Å². The van der Waals surface area contributed by atoms with Gasteiger partial charge in [-0.05, 0) is 36.1 Å². The fraction of sp³-hybridized carbons (Fsp3) is 0.188. The minimum absolute atomic E-state index is 0.00126. The summed E-state index contributed by atoms with van der Waals surface area (Å²) in [5.41, 5.74) is 2.47. The molecule has 0 saturated carbocycles. The molecule has 2 aromatic carbocycles. The van der Waals surface area contributed by atoms with Gasteiger partial charge in [-0.25, -0.2) is 4.39 Å². The first kappa shape index (κ1) is 12.4. The van der Waals surface area contributed by atoms with Gasteiger partial charge in [-0.15, -0.1) is 0 Å². The molecule has 2 aromatic rings. The van der Waals surface area contributed by atoms with Crippen LogP contribution in [0, 0.1) is 11.7 Å². The van der Waals surface area contributed by atoms with Crippen molar-refractivity contribution < 1.29 is 9.18 Å². The third-order valence-electron chi connectivity index (χ3n) is 3.64. The van der Waals surface area contributed by atoms with E-state index in [2.05, 4.69) is 0 Å². The molecule has 0 spiro atoms. The van der Waals surface area contributed by atoms with Gasteiger partial charge in [0.25, 0.3) is 0 Å². The molecule has 96 valence electrons. The zero-order chi connectivity index (χ0) is 13.4. The molecule has 0 bridgehead atoms. The zero-order valence-corrected chi connectivity index (χ0v) is 11.0. The zero-order valence-electron chi connectivity index (χ0n) is 10.2. The van der Waals surface area contributed by atoms with Gasteiger partial charge < -0.3 is 0 Å². The van der Waals surface area contributed by atoms with Crippen LogP contribution < -0.4 is 0 Å². The van der Waals surface area contributed by atoms with Gasteiger partial charge in [0.1, 0.15) is 0 Å². The standard InChI is InChI=1S/C16H12ClFO/c17-14-7-3-6-13(15(14)18)16(19)12-8-10-4-1-2-5-11(10)9-12/h1-7,12H,8-9H2. The Bertz CT molecular complexity index is 626. The quantitative estimate of drug-likeness (QED) is 0.754. The van der Waals surface area contributed by atoms with E-state index in [4.69, 9.17) is 11.6 Å². The van der Waals surface area contributed by atoms with Crippen molar-refractivity contribution in [3.8, 4) is 0 Å². The van der Waals surface area contributed by atoms with Gasteiger partial charge >= 0.3 is 0 Å². The molecule has 0 radical (unpaired) electrons. The Balaban J connectivity index is 1.89. The second-order valence-electron chi connectivity index (χ2n) is 4.84. The first-order chi connectivity index (χ1) is 9.16. The first-order valence-electron chi connectivity index (χ1n) is 6.22. The van der Waals surface area contributed by atoms with Gasteiger partial charge in [0.05, 0.1) is 10.6 Å². The predicted octanol–water partition coefficient (Wildman–Crippen LogP) is 4.08. The van der Waals surface area contributed by atoms with E-state index < -0.39 is 5.82 Å². The minimum atomic E-state index is -0.606. The van der Waals surface area contributed by atoms with Crippen LogP contribution in [-0.2, 0) is 12.8 Å². The molecular formula is C16H12ClFO. The molecule has 0 saturated heterocycles. The molecule has 0 amide bonds. The number of Topliss-reactive ketones (excluding diaryl/α,β-unsaturated/α-hetero) is 1. The molecule has 1 nitrogen and oxygen atoms in total. The Hall–Kier alpha value is -1.67. The molecule has 0 atom stereocenters. The Morgan fingerprint density at radius 1 is 1.05 bits per heavy atom. The molecule has 1 aliphatic rings. The molecule has 0 unspecified atom stereocenters. The first-order valence-corrected chi connectivity index (χ1v) is 6.59. The highest BCUT2D eigenvalue weighted by Crippen LogP contribution is 2.30. The number of ketones is 1. The molecule has 0 N–H and O–H groups in total. The fourth-order valence-electron chi connectivity index (χ4n) is 2.66. The summed E-state index contributed by atoms with van der Waals surface area (Å²) < 4.78 is 13.9. The molecule has 0 heterocycles. The van der Waals surface area contributed by atoms with Crippen LogP contribution >= 0.6 is 11.6 Å². The average molecular weight is 275 g/mol. The summed E-state index contributed by atoms with van der Waals surface area (Å²) in [7, 11) is 0. The summed E-state index contributed by atoms with van der Waals surface area (Å²) in [6, 6.07) is 12.6. The van der Waals surface area contributed by atoms with Crippen LogP contribution in [0.15, 0.2) is 42.5 Å². The lowest BCUT2D eigenvalue weighted by atomic mass is 9.95. The maximum absolute atomic E-state index is 13.9. The van der Waals surface area contributed by atoms with Crippen molar-refractivity contribution in [3.05, 3.63) is 70.0 Å². The van der Waals surface area contributed by atoms with Gasteiger partial charge in [-0.3, -0.25) is 4.79 Å². The smallest absolute Gasteiger partial charge is 0.169 e. The molecule has 3 rings (SSSR count). The maximum Gasteiger partial charge on any atom is 0.169 e. The number of fused-ring (bicyclic) bond motifs is 1. The molecular weight excluding hydrogens is 263 g/mol. The summed E-state index contributed by atoms with van der Waals surface area (Å²) in [6.45, 7) is 0. The lowest BCUT2D eigenvalue weighted by Crippen LogP contribution is -2.16. The summed E-state index contributed by atoms with van der Waals surface area (Å²) in [5, 5.41) is 0.00126. The monoisotopic (exact) mass is 274 g/mol. The van der Waals surface area contributed by atoms with E-state index in [-0.39, 0.29) is 22.3 Å². The van der Waals surface area contributed by atoms with Crippen molar-refractivity contribution in [2.24, 2.45) is 5.92 Å². The number of hydrogen-bond donors (Lipinski definition) is 0. The number of rotatable bonds is 2. The van der Waals surface area contributed by atoms with Crippen LogP contribution in [0.3, 0.4) is 0 Å². The largest absolute Gasteiger partial charge is 0.294 e. The van der Waals surface area contributed by atoms with Crippen molar-refractivity contribution >= 4 is 17.4 Å². The highest BCUT2D eigenvalue weighted by Gasteiger charge is 2.29. The highest BCUT2D eigenvalue weighted by molar-refractivity contribution is 6.31. The number of carbonyl (C=O) groups excluding carboxylic acids is 1. The van der Waals surface area contributed by atoms with Gasteiger partial charge in [-0.2, -0.15) is 0 Å². The Morgan fingerprint density at radius 3 is 2.32 bits per heavy atom. The summed E-state index contributed by atoms with van der Waals surface area (Å²) >= 11 is 5.73. The van der Waals surface area contributed by atoms with E-state index in [1.807, 2.05) is 24.3 Å². The van der Waals surface area contributed by atoms with E-state index in [1.165, 1.54) is 23.3 Å². The van der Waals surface area contributed by atoms with Crippen LogP contribution in [0.25, 0.3) is 0 Å². The summed E-state index contributed by atoms with van der Waals surface area (Å²) in [5.74, 6) is -0.938. The van der Waals surface area contributed by atoms with Gasteiger partial charge in [0.15, 0.2) is 11.6 Å². The van der Waals surface area contributed by atoms with E-state index in [0.717, 1.165) is 0 Å². The normalized spacial score (nSPS) is 14.4. The van der Waals surface area contributed by atoms with E-state index in [0.29, 0.717) is 12.8 Å². The summed E-state index contributed by atoms with van der Waals surface area (Å²) in [6.07, 6.45) is 1.36. The predicted molar refractivity (Wildman–Crippen MR) is 73.1 cm³/mol. The van der Waals surface area contributed by atoms with E-state index in [9.17, 15) is 9.18 Å². The van der Waals surface area contributed by atoms with Crippen molar-refractivity contribution in [3.63, 3.8) is 0 Å².